The molecule has 0 saturated heterocycles. The summed E-state index contributed by atoms with van der Waals surface area (Å²) in [6, 6.07) is 7.37. The number of rotatable bonds is 2. The Labute approximate surface area is 95.0 Å². The molecule has 0 fully saturated rings. The first-order chi connectivity index (χ1) is 7.61. The van der Waals surface area contributed by atoms with Gasteiger partial charge in [0, 0.05) is 24.2 Å². The van der Waals surface area contributed by atoms with E-state index in [4.69, 9.17) is 0 Å². The molecule has 0 aliphatic carbocycles. The number of benzene rings is 1. The Morgan fingerprint density at radius 1 is 1.50 bits per heavy atom. The molecule has 1 aliphatic heterocycles. The summed E-state index contributed by atoms with van der Waals surface area (Å²) in [5.74, 6) is 0.140. The molecule has 1 atom stereocenters. The highest BCUT2D eigenvalue weighted by Crippen LogP contribution is 2.29. The first kappa shape index (κ1) is 10.9. The Bertz CT molecular complexity index is 439. The molecule has 3 nitrogen and oxygen atoms in total. The Balaban J connectivity index is 2.42. The molecule has 0 radical (unpaired) electrons. The second-order valence-corrected chi connectivity index (χ2v) is 4.10. The fourth-order valence-electron chi connectivity index (χ4n) is 1.96. The van der Waals surface area contributed by atoms with E-state index < -0.39 is 6.23 Å². The molecule has 16 heavy (non-hydrogen) atoms. The predicted molar refractivity (Wildman–Crippen MR) is 63.6 cm³/mol. The SMILES string of the molecule is C=C(C)C(O)N1CCC(=O)c2ccccc21. The summed E-state index contributed by atoms with van der Waals surface area (Å²) in [5, 5.41) is 10.00. The van der Waals surface area contributed by atoms with Gasteiger partial charge in [0.05, 0.1) is 0 Å². The van der Waals surface area contributed by atoms with E-state index in [0.29, 0.717) is 24.1 Å². The minimum atomic E-state index is -0.714. The fourth-order valence-corrected chi connectivity index (χ4v) is 1.96. The Hall–Kier alpha value is -1.61. The van der Waals surface area contributed by atoms with E-state index in [1.807, 2.05) is 23.1 Å². The summed E-state index contributed by atoms with van der Waals surface area (Å²) in [6.45, 7) is 6.07. The number of hydrogen-bond acceptors (Lipinski definition) is 3. The monoisotopic (exact) mass is 217 g/mol. The topological polar surface area (TPSA) is 40.5 Å². The van der Waals surface area contributed by atoms with Gasteiger partial charge < -0.3 is 10.0 Å². The fraction of sp³-hybridized carbons (Fsp3) is 0.308. The molecular weight excluding hydrogens is 202 g/mol. The largest absolute Gasteiger partial charge is 0.370 e. The number of nitrogens with zero attached hydrogens (tertiary/aromatic N) is 1. The van der Waals surface area contributed by atoms with Gasteiger partial charge >= 0.3 is 0 Å². The number of hydrogen-bond donors (Lipinski definition) is 1. The zero-order valence-corrected chi connectivity index (χ0v) is 9.31. The summed E-state index contributed by atoms with van der Waals surface area (Å²) in [5.41, 5.74) is 2.17. The first-order valence-electron chi connectivity index (χ1n) is 5.33. The maximum Gasteiger partial charge on any atom is 0.166 e. The highest BCUT2D eigenvalue weighted by Gasteiger charge is 2.26. The van der Waals surface area contributed by atoms with Crippen LogP contribution in [0.3, 0.4) is 0 Å². The number of anilines is 1. The summed E-state index contributed by atoms with van der Waals surface area (Å²) < 4.78 is 0. The van der Waals surface area contributed by atoms with E-state index in [9.17, 15) is 9.90 Å². The maximum atomic E-state index is 11.7. The number of para-hydroxylation sites is 1. The van der Waals surface area contributed by atoms with Gasteiger partial charge in [0.2, 0.25) is 0 Å². The summed E-state index contributed by atoms with van der Waals surface area (Å²) in [6.07, 6.45) is -0.268. The molecule has 0 spiro atoms. The summed E-state index contributed by atoms with van der Waals surface area (Å²) in [4.78, 5) is 13.5. The van der Waals surface area contributed by atoms with Crippen molar-refractivity contribution in [2.45, 2.75) is 19.6 Å². The molecule has 0 bridgehead atoms. The van der Waals surface area contributed by atoms with Crippen LogP contribution in [0.5, 0.6) is 0 Å². The van der Waals surface area contributed by atoms with Crippen LogP contribution in [0, 0.1) is 0 Å². The van der Waals surface area contributed by atoms with E-state index in [-0.39, 0.29) is 5.78 Å². The van der Waals surface area contributed by atoms with E-state index in [2.05, 4.69) is 6.58 Å². The predicted octanol–water partition coefficient (Wildman–Crippen LogP) is 1.97. The third kappa shape index (κ3) is 1.74. The average molecular weight is 217 g/mol. The third-order valence-corrected chi connectivity index (χ3v) is 2.83. The van der Waals surface area contributed by atoms with E-state index in [0.717, 1.165) is 5.69 Å². The minimum Gasteiger partial charge on any atom is -0.370 e. The van der Waals surface area contributed by atoms with Crippen LogP contribution in [-0.4, -0.2) is 23.7 Å². The lowest BCUT2D eigenvalue weighted by Crippen LogP contribution is -2.41. The number of aliphatic hydroxyl groups excluding tert-OH is 1. The van der Waals surface area contributed by atoms with Crippen LogP contribution in [0.15, 0.2) is 36.4 Å². The number of carbonyl (C=O) groups excluding carboxylic acids is 1. The number of aliphatic hydroxyl groups is 1. The van der Waals surface area contributed by atoms with Crippen molar-refractivity contribution in [3.63, 3.8) is 0 Å². The third-order valence-electron chi connectivity index (χ3n) is 2.83. The zero-order valence-electron chi connectivity index (χ0n) is 9.31. The average Bonchev–Trinajstić information content (AvgIpc) is 2.29. The second kappa shape index (κ2) is 4.10. The molecule has 1 unspecified atom stereocenters. The molecule has 1 N–H and O–H groups in total. The molecule has 0 amide bonds. The standard InChI is InChI=1S/C13H15NO2/c1-9(2)13(16)14-8-7-12(15)10-5-3-4-6-11(10)14/h3-6,13,16H,1,7-8H2,2H3. The van der Waals surface area contributed by atoms with Crippen LogP contribution in [-0.2, 0) is 0 Å². The van der Waals surface area contributed by atoms with Crippen LogP contribution in [0.25, 0.3) is 0 Å². The molecular formula is C13H15NO2. The number of ketones is 1. The molecule has 2 rings (SSSR count). The van der Waals surface area contributed by atoms with Gasteiger partial charge in [-0.1, -0.05) is 18.7 Å². The van der Waals surface area contributed by atoms with Crippen molar-refractivity contribution in [3.8, 4) is 0 Å². The van der Waals surface area contributed by atoms with Crippen LogP contribution < -0.4 is 4.90 Å². The van der Waals surface area contributed by atoms with Crippen LogP contribution in [0.2, 0.25) is 0 Å². The summed E-state index contributed by atoms with van der Waals surface area (Å²) in [7, 11) is 0. The van der Waals surface area contributed by atoms with Crippen LogP contribution >= 0.6 is 0 Å². The van der Waals surface area contributed by atoms with Crippen molar-refractivity contribution in [2.75, 3.05) is 11.4 Å². The van der Waals surface area contributed by atoms with Crippen LogP contribution in [0.4, 0.5) is 5.69 Å². The Morgan fingerprint density at radius 2 is 2.19 bits per heavy atom. The second-order valence-electron chi connectivity index (χ2n) is 4.10. The van der Waals surface area contributed by atoms with Crippen molar-refractivity contribution in [2.24, 2.45) is 0 Å². The first-order valence-corrected chi connectivity index (χ1v) is 5.33. The van der Waals surface area contributed by atoms with E-state index in [1.54, 1.807) is 13.0 Å². The smallest absolute Gasteiger partial charge is 0.166 e. The maximum absolute atomic E-state index is 11.7. The zero-order chi connectivity index (χ0) is 11.7. The molecule has 1 aliphatic rings. The molecule has 84 valence electrons. The van der Waals surface area contributed by atoms with E-state index >= 15 is 0 Å². The van der Waals surface area contributed by atoms with Gasteiger partial charge in [-0.15, -0.1) is 0 Å². The van der Waals surface area contributed by atoms with Gasteiger partial charge in [0.15, 0.2) is 5.78 Å². The highest BCUT2D eigenvalue weighted by molar-refractivity contribution is 6.03. The van der Waals surface area contributed by atoms with E-state index in [1.165, 1.54) is 0 Å². The van der Waals surface area contributed by atoms with Gasteiger partial charge in [-0.2, -0.15) is 0 Å². The lowest BCUT2D eigenvalue weighted by molar-refractivity contribution is 0.0971. The molecule has 1 aromatic carbocycles. The van der Waals surface area contributed by atoms with Crippen molar-refractivity contribution >= 4 is 11.5 Å². The van der Waals surface area contributed by atoms with Gasteiger partial charge in [-0.25, -0.2) is 0 Å². The molecule has 1 heterocycles. The Kier molecular flexibility index (Phi) is 2.79. The molecule has 3 heteroatoms. The van der Waals surface area contributed by atoms with Gasteiger partial charge in [-0.05, 0) is 24.6 Å². The normalized spacial score (nSPS) is 16.9. The Morgan fingerprint density at radius 3 is 2.88 bits per heavy atom. The number of carbonyl (C=O) groups is 1. The van der Waals surface area contributed by atoms with Crippen LogP contribution in [0.1, 0.15) is 23.7 Å². The van der Waals surface area contributed by atoms with Gasteiger partial charge in [-0.3, -0.25) is 4.79 Å². The van der Waals surface area contributed by atoms with Gasteiger partial charge in [0.1, 0.15) is 6.23 Å². The number of fused-ring (bicyclic) bond motifs is 1. The van der Waals surface area contributed by atoms with Crippen molar-refractivity contribution in [3.05, 3.63) is 42.0 Å². The molecule has 0 saturated carbocycles. The van der Waals surface area contributed by atoms with Crippen molar-refractivity contribution < 1.29 is 9.90 Å². The minimum absolute atomic E-state index is 0.140. The summed E-state index contributed by atoms with van der Waals surface area (Å²) >= 11 is 0. The van der Waals surface area contributed by atoms with Crippen molar-refractivity contribution in [1.82, 2.24) is 0 Å². The van der Waals surface area contributed by atoms with Gasteiger partial charge in [0.25, 0.3) is 0 Å². The quantitative estimate of drug-likeness (QED) is 0.770. The molecule has 1 aromatic rings. The highest BCUT2D eigenvalue weighted by atomic mass is 16.3. The lowest BCUT2D eigenvalue weighted by atomic mass is 9.99. The van der Waals surface area contributed by atoms with Crippen molar-refractivity contribution in [1.29, 1.82) is 0 Å². The molecule has 0 aromatic heterocycles. The lowest BCUT2D eigenvalue weighted by Gasteiger charge is -2.34. The number of Topliss-reactive ketones (excluding diaryl/α,β-unsaturated/α-hetero) is 1.